The first-order valence-corrected chi connectivity index (χ1v) is 6.56. The molecule has 2 atom stereocenters. The van der Waals surface area contributed by atoms with Gasteiger partial charge in [0.1, 0.15) is 0 Å². The lowest BCUT2D eigenvalue weighted by atomic mass is 9.77. The molecule has 22 heavy (non-hydrogen) atoms. The molecule has 0 aromatic carbocycles. The third kappa shape index (κ3) is 4.09. The van der Waals surface area contributed by atoms with E-state index in [2.05, 4.69) is 22.6 Å². The molecule has 0 spiro atoms. The van der Waals surface area contributed by atoms with Crippen LogP contribution in [0.15, 0.2) is 25.3 Å². The molecular weight excluding hydrogens is 305 g/mol. The highest BCUT2D eigenvalue weighted by molar-refractivity contribution is 5.81. The molecule has 2 unspecified atom stereocenters. The van der Waals surface area contributed by atoms with Crippen LogP contribution in [0.5, 0.6) is 0 Å². The fourth-order valence-corrected chi connectivity index (χ4v) is 2.17. The van der Waals surface area contributed by atoms with Crippen LogP contribution in [-0.2, 0) is 23.8 Å². The number of carbonyl (C=O) groups is 2. The summed E-state index contributed by atoms with van der Waals surface area (Å²) >= 11 is 0. The van der Waals surface area contributed by atoms with Crippen molar-refractivity contribution in [3.8, 4) is 0 Å². The van der Waals surface area contributed by atoms with Gasteiger partial charge < -0.3 is 14.2 Å². The Kier molecular flexibility index (Phi) is 6.16. The molecule has 1 saturated heterocycles. The van der Waals surface area contributed by atoms with Gasteiger partial charge in [0.25, 0.3) is 0 Å². The van der Waals surface area contributed by atoms with Gasteiger partial charge in [-0.2, -0.15) is 13.2 Å². The van der Waals surface area contributed by atoms with Gasteiger partial charge in [-0.05, 0) is 6.42 Å². The lowest BCUT2D eigenvalue weighted by Gasteiger charge is -2.49. The Hall–Kier alpha value is -1.83. The smallest absolute Gasteiger partial charge is 0.417 e. The first-order valence-electron chi connectivity index (χ1n) is 6.56. The first-order chi connectivity index (χ1) is 10.3. The topological polar surface area (TPSA) is 61.8 Å². The predicted molar refractivity (Wildman–Crippen MR) is 69.8 cm³/mol. The molecule has 0 saturated carbocycles. The van der Waals surface area contributed by atoms with E-state index in [1.807, 2.05) is 0 Å². The number of esters is 2. The van der Waals surface area contributed by atoms with Crippen molar-refractivity contribution in [3.05, 3.63) is 25.3 Å². The van der Waals surface area contributed by atoms with Gasteiger partial charge in [-0.25, -0.2) is 9.59 Å². The van der Waals surface area contributed by atoms with Gasteiger partial charge in [0, 0.05) is 24.5 Å². The van der Waals surface area contributed by atoms with E-state index in [0.717, 1.165) is 12.2 Å². The number of halogens is 3. The van der Waals surface area contributed by atoms with Crippen LogP contribution in [0.4, 0.5) is 13.2 Å². The molecule has 5 nitrogen and oxygen atoms in total. The molecule has 0 aromatic rings. The fraction of sp³-hybridized carbons (Fsp3) is 0.571. The fourth-order valence-electron chi connectivity index (χ4n) is 2.17. The van der Waals surface area contributed by atoms with Crippen molar-refractivity contribution in [2.24, 2.45) is 5.92 Å². The molecule has 1 aliphatic rings. The van der Waals surface area contributed by atoms with Crippen LogP contribution in [0.2, 0.25) is 0 Å². The van der Waals surface area contributed by atoms with Crippen molar-refractivity contribution < 1.29 is 37.0 Å². The highest BCUT2D eigenvalue weighted by Crippen LogP contribution is 2.49. The zero-order valence-electron chi connectivity index (χ0n) is 11.9. The second-order valence-corrected chi connectivity index (χ2v) is 4.68. The van der Waals surface area contributed by atoms with Gasteiger partial charge >= 0.3 is 18.1 Å². The van der Waals surface area contributed by atoms with Crippen LogP contribution in [0.1, 0.15) is 12.8 Å². The maximum Gasteiger partial charge on any atom is 0.417 e. The highest BCUT2D eigenvalue weighted by Gasteiger charge is 2.65. The van der Waals surface area contributed by atoms with E-state index in [1.165, 1.54) is 0 Å². The Morgan fingerprint density at radius 1 is 1.18 bits per heavy atom. The van der Waals surface area contributed by atoms with Gasteiger partial charge in [-0.3, -0.25) is 0 Å². The summed E-state index contributed by atoms with van der Waals surface area (Å²) in [6.07, 6.45) is -3.33. The standard InChI is InChI=1S/C14H17F3O5/c1-3-11(18)20-7-5-10-9-22-13(10,14(15,16)17)6-8-21-12(19)4-2/h3-4,10H,1-2,5-9H2. The number of rotatable bonds is 8. The van der Waals surface area contributed by atoms with Crippen LogP contribution in [0.3, 0.4) is 0 Å². The Balaban J connectivity index is 2.60. The summed E-state index contributed by atoms with van der Waals surface area (Å²) in [6, 6.07) is 0. The minimum atomic E-state index is -4.61. The molecule has 1 aliphatic heterocycles. The van der Waals surface area contributed by atoms with Crippen LogP contribution in [-0.4, -0.2) is 43.5 Å². The van der Waals surface area contributed by atoms with E-state index in [0.29, 0.717) is 0 Å². The van der Waals surface area contributed by atoms with Gasteiger partial charge in [0.05, 0.1) is 19.8 Å². The van der Waals surface area contributed by atoms with Crippen LogP contribution < -0.4 is 0 Å². The molecule has 1 fully saturated rings. The van der Waals surface area contributed by atoms with Gasteiger partial charge in [-0.1, -0.05) is 13.2 Å². The lowest BCUT2D eigenvalue weighted by Crippen LogP contribution is -2.63. The predicted octanol–water partition coefficient (Wildman–Crippen LogP) is 2.17. The SMILES string of the molecule is C=CC(=O)OCCC1COC1(CCOC(=O)C=C)C(F)(F)F. The third-order valence-electron chi connectivity index (χ3n) is 3.44. The zero-order chi connectivity index (χ0) is 16.8. The molecule has 0 aliphatic carbocycles. The maximum atomic E-state index is 13.3. The average molecular weight is 322 g/mol. The summed E-state index contributed by atoms with van der Waals surface area (Å²) in [5, 5.41) is 0. The van der Waals surface area contributed by atoms with Crippen molar-refractivity contribution in [1.82, 2.24) is 0 Å². The van der Waals surface area contributed by atoms with E-state index in [9.17, 15) is 22.8 Å². The van der Waals surface area contributed by atoms with Crippen molar-refractivity contribution in [3.63, 3.8) is 0 Å². The van der Waals surface area contributed by atoms with E-state index < -0.39 is 42.7 Å². The van der Waals surface area contributed by atoms with Crippen molar-refractivity contribution in [2.75, 3.05) is 19.8 Å². The minimum Gasteiger partial charge on any atom is -0.463 e. The van der Waals surface area contributed by atoms with Crippen LogP contribution in [0.25, 0.3) is 0 Å². The molecule has 0 amide bonds. The van der Waals surface area contributed by atoms with E-state index >= 15 is 0 Å². The normalized spacial score (nSPS) is 24.0. The molecular formula is C14H17F3O5. The van der Waals surface area contributed by atoms with Crippen molar-refractivity contribution in [2.45, 2.75) is 24.6 Å². The van der Waals surface area contributed by atoms with Gasteiger partial charge in [0.15, 0.2) is 5.60 Å². The number of ether oxygens (including phenoxy) is 3. The van der Waals surface area contributed by atoms with Crippen LogP contribution >= 0.6 is 0 Å². The minimum absolute atomic E-state index is 0.00546. The molecule has 0 bridgehead atoms. The average Bonchev–Trinajstić information content (AvgIpc) is 2.44. The van der Waals surface area contributed by atoms with Crippen molar-refractivity contribution in [1.29, 1.82) is 0 Å². The summed E-state index contributed by atoms with van der Waals surface area (Å²) in [4.78, 5) is 21.8. The number of hydrogen-bond acceptors (Lipinski definition) is 5. The Morgan fingerprint density at radius 3 is 2.14 bits per heavy atom. The van der Waals surface area contributed by atoms with E-state index in [1.54, 1.807) is 0 Å². The van der Waals surface area contributed by atoms with E-state index in [4.69, 9.17) is 4.74 Å². The molecule has 0 radical (unpaired) electrons. The van der Waals surface area contributed by atoms with Gasteiger partial charge in [-0.15, -0.1) is 0 Å². The van der Waals surface area contributed by atoms with E-state index in [-0.39, 0.29) is 19.6 Å². The maximum absolute atomic E-state index is 13.3. The summed E-state index contributed by atoms with van der Waals surface area (Å²) in [7, 11) is 0. The quantitative estimate of drug-likeness (QED) is 0.506. The zero-order valence-corrected chi connectivity index (χ0v) is 11.9. The number of carbonyl (C=O) groups excluding carboxylic acids is 2. The monoisotopic (exact) mass is 322 g/mol. The number of hydrogen-bond donors (Lipinski definition) is 0. The third-order valence-corrected chi connectivity index (χ3v) is 3.44. The molecule has 8 heteroatoms. The second-order valence-electron chi connectivity index (χ2n) is 4.68. The Bertz CT molecular complexity index is 446. The second kappa shape index (κ2) is 7.44. The van der Waals surface area contributed by atoms with Crippen LogP contribution in [0, 0.1) is 5.92 Å². The Labute approximate surface area is 125 Å². The molecule has 1 heterocycles. The summed E-state index contributed by atoms with van der Waals surface area (Å²) in [6.45, 7) is 5.65. The number of alkyl halides is 3. The molecule has 1 rings (SSSR count). The summed E-state index contributed by atoms with van der Waals surface area (Å²) in [5.41, 5.74) is -2.38. The molecule has 124 valence electrons. The van der Waals surface area contributed by atoms with Crippen molar-refractivity contribution >= 4 is 11.9 Å². The summed E-state index contributed by atoms with van der Waals surface area (Å²) < 4.78 is 53.8. The molecule has 0 N–H and O–H groups in total. The first kappa shape index (κ1) is 18.2. The Morgan fingerprint density at radius 2 is 1.73 bits per heavy atom. The lowest BCUT2D eigenvalue weighted by molar-refractivity contribution is -0.360. The largest absolute Gasteiger partial charge is 0.463 e. The summed E-state index contributed by atoms with van der Waals surface area (Å²) in [5.74, 6) is -2.36. The molecule has 0 aromatic heterocycles. The highest BCUT2D eigenvalue weighted by atomic mass is 19.4. The van der Waals surface area contributed by atoms with Gasteiger partial charge in [0.2, 0.25) is 0 Å².